The summed E-state index contributed by atoms with van der Waals surface area (Å²) in [6, 6.07) is 0.260. The zero-order valence-electron chi connectivity index (χ0n) is 9.22. The maximum Gasteiger partial charge on any atom is 0.305 e. The van der Waals surface area contributed by atoms with E-state index >= 15 is 0 Å². The summed E-state index contributed by atoms with van der Waals surface area (Å²) in [6.45, 7) is 0.965. The van der Waals surface area contributed by atoms with Gasteiger partial charge in [-0.1, -0.05) is 0 Å². The molecule has 1 aliphatic carbocycles. The van der Waals surface area contributed by atoms with Crippen LogP contribution in [0.15, 0.2) is 0 Å². The molecule has 16 heavy (non-hydrogen) atoms. The Balaban J connectivity index is 1.89. The SMILES string of the molecule is O=C(O)CCN(C(=O)C1CCCO1)C1CC1. The number of carboxylic acid groups (broad SMARTS) is 1. The Kier molecular flexibility index (Phi) is 3.43. The average molecular weight is 227 g/mol. The summed E-state index contributed by atoms with van der Waals surface area (Å²) >= 11 is 0. The minimum atomic E-state index is -0.856. The number of nitrogens with zero attached hydrogens (tertiary/aromatic N) is 1. The van der Waals surface area contributed by atoms with Gasteiger partial charge >= 0.3 is 5.97 Å². The van der Waals surface area contributed by atoms with E-state index in [0.717, 1.165) is 25.7 Å². The van der Waals surface area contributed by atoms with Crippen molar-refractivity contribution in [2.24, 2.45) is 0 Å². The van der Waals surface area contributed by atoms with E-state index in [-0.39, 0.29) is 24.5 Å². The van der Waals surface area contributed by atoms with Crippen molar-refractivity contribution >= 4 is 11.9 Å². The third kappa shape index (κ3) is 2.72. The molecule has 1 saturated carbocycles. The molecule has 0 bridgehead atoms. The molecule has 1 atom stereocenters. The Labute approximate surface area is 94.4 Å². The molecule has 2 aliphatic rings. The molecule has 2 fully saturated rings. The van der Waals surface area contributed by atoms with Crippen LogP contribution in [0.5, 0.6) is 0 Å². The van der Waals surface area contributed by atoms with Crippen LogP contribution in [0, 0.1) is 0 Å². The van der Waals surface area contributed by atoms with Gasteiger partial charge in [0, 0.05) is 19.2 Å². The standard InChI is InChI=1S/C11H17NO4/c13-10(14)5-6-12(8-3-4-8)11(15)9-2-1-7-16-9/h8-9H,1-7H2,(H,13,14). The summed E-state index contributed by atoms with van der Waals surface area (Å²) < 4.78 is 5.34. The first-order valence-corrected chi connectivity index (χ1v) is 5.82. The molecule has 90 valence electrons. The Hall–Kier alpha value is -1.10. The summed E-state index contributed by atoms with van der Waals surface area (Å²) in [7, 11) is 0. The predicted octanol–water partition coefficient (Wildman–Crippen LogP) is 0.631. The van der Waals surface area contributed by atoms with Crippen LogP contribution in [0.1, 0.15) is 32.1 Å². The van der Waals surface area contributed by atoms with E-state index in [1.807, 2.05) is 0 Å². The van der Waals surface area contributed by atoms with Gasteiger partial charge in [0.1, 0.15) is 6.10 Å². The lowest BCUT2D eigenvalue weighted by Crippen LogP contribution is -2.41. The van der Waals surface area contributed by atoms with Crippen LogP contribution in [0.25, 0.3) is 0 Å². The van der Waals surface area contributed by atoms with Crippen molar-refractivity contribution in [3.05, 3.63) is 0 Å². The normalized spacial score (nSPS) is 24.4. The molecule has 0 aromatic carbocycles. The lowest BCUT2D eigenvalue weighted by Gasteiger charge is -2.24. The lowest BCUT2D eigenvalue weighted by molar-refractivity contribution is -0.143. The quantitative estimate of drug-likeness (QED) is 0.748. The van der Waals surface area contributed by atoms with Crippen LogP contribution >= 0.6 is 0 Å². The van der Waals surface area contributed by atoms with E-state index in [9.17, 15) is 9.59 Å². The van der Waals surface area contributed by atoms with Crippen molar-refractivity contribution < 1.29 is 19.4 Å². The summed E-state index contributed by atoms with van der Waals surface area (Å²) in [5, 5.41) is 8.64. The molecule has 2 rings (SSSR count). The van der Waals surface area contributed by atoms with E-state index in [1.54, 1.807) is 4.90 Å². The van der Waals surface area contributed by atoms with E-state index in [0.29, 0.717) is 13.2 Å². The number of carbonyl (C=O) groups is 2. The Morgan fingerprint density at radius 1 is 1.31 bits per heavy atom. The topological polar surface area (TPSA) is 66.8 Å². The van der Waals surface area contributed by atoms with Crippen molar-refractivity contribution in [1.82, 2.24) is 4.90 Å². The molecule has 1 aliphatic heterocycles. The molecule has 0 radical (unpaired) electrons. The zero-order valence-corrected chi connectivity index (χ0v) is 9.22. The minimum Gasteiger partial charge on any atom is -0.481 e. The highest BCUT2D eigenvalue weighted by Crippen LogP contribution is 2.29. The number of carboxylic acids is 1. The van der Waals surface area contributed by atoms with Crippen molar-refractivity contribution in [1.29, 1.82) is 0 Å². The van der Waals surface area contributed by atoms with E-state index in [1.165, 1.54) is 0 Å². The highest BCUT2D eigenvalue weighted by Gasteiger charge is 2.37. The van der Waals surface area contributed by atoms with E-state index in [4.69, 9.17) is 9.84 Å². The molecular weight excluding hydrogens is 210 g/mol. The molecule has 1 heterocycles. The van der Waals surface area contributed by atoms with Crippen LogP contribution in [-0.4, -0.2) is 47.2 Å². The number of rotatable bonds is 5. The molecule has 5 heteroatoms. The Morgan fingerprint density at radius 3 is 2.56 bits per heavy atom. The third-order valence-corrected chi connectivity index (χ3v) is 3.04. The smallest absolute Gasteiger partial charge is 0.305 e. The second-order valence-electron chi connectivity index (χ2n) is 4.41. The minimum absolute atomic E-state index is 0.0127. The first-order valence-electron chi connectivity index (χ1n) is 5.82. The van der Waals surface area contributed by atoms with Crippen LogP contribution in [0.2, 0.25) is 0 Å². The van der Waals surface area contributed by atoms with Crippen molar-refractivity contribution in [2.45, 2.75) is 44.2 Å². The second-order valence-corrected chi connectivity index (χ2v) is 4.41. The highest BCUT2D eigenvalue weighted by molar-refractivity contribution is 5.82. The van der Waals surface area contributed by atoms with Gasteiger partial charge in [0.15, 0.2) is 0 Å². The molecule has 0 aromatic heterocycles. The van der Waals surface area contributed by atoms with Gasteiger partial charge in [0.05, 0.1) is 6.42 Å². The van der Waals surface area contributed by atoms with Gasteiger partial charge in [-0.15, -0.1) is 0 Å². The van der Waals surface area contributed by atoms with Crippen LogP contribution < -0.4 is 0 Å². The molecule has 1 amide bonds. The number of hydrogen-bond acceptors (Lipinski definition) is 3. The van der Waals surface area contributed by atoms with Gasteiger partial charge in [-0.3, -0.25) is 9.59 Å². The number of hydrogen-bond donors (Lipinski definition) is 1. The van der Waals surface area contributed by atoms with E-state index in [2.05, 4.69) is 0 Å². The molecule has 5 nitrogen and oxygen atoms in total. The van der Waals surface area contributed by atoms with Gasteiger partial charge in [-0.05, 0) is 25.7 Å². The summed E-state index contributed by atoms with van der Waals surface area (Å²) in [5.41, 5.74) is 0. The Morgan fingerprint density at radius 2 is 2.06 bits per heavy atom. The summed E-state index contributed by atoms with van der Waals surface area (Å²) in [4.78, 5) is 24.3. The fraction of sp³-hybridized carbons (Fsp3) is 0.818. The maximum absolute atomic E-state index is 12.0. The number of amides is 1. The number of ether oxygens (including phenoxy) is 1. The van der Waals surface area contributed by atoms with Crippen molar-refractivity contribution in [2.75, 3.05) is 13.2 Å². The number of aliphatic carboxylic acids is 1. The first-order chi connectivity index (χ1) is 7.68. The average Bonchev–Trinajstić information content (AvgIpc) is 2.93. The summed E-state index contributed by atoms with van der Waals surface area (Å²) in [5.74, 6) is -0.868. The molecular formula is C11H17NO4. The fourth-order valence-electron chi connectivity index (χ4n) is 2.03. The predicted molar refractivity (Wildman–Crippen MR) is 56.0 cm³/mol. The maximum atomic E-state index is 12.0. The highest BCUT2D eigenvalue weighted by atomic mass is 16.5. The van der Waals surface area contributed by atoms with Crippen LogP contribution in [0.3, 0.4) is 0 Å². The molecule has 1 N–H and O–H groups in total. The van der Waals surface area contributed by atoms with Gasteiger partial charge in [-0.25, -0.2) is 0 Å². The lowest BCUT2D eigenvalue weighted by atomic mass is 10.2. The fourth-order valence-corrected chi connectivity index (χ4v) is 2.03. The largest absolute Gasteiger partial charge is 0.481 e. The first kappa shape index (κ1) is 11.4. The van der Waals surface area contributed by atoms with Crippen LogP contribution in [0.4, 0.5) is 0 Å². The third-order valence-electron chi connectivity index (χ3n) is 3.04. The van der Waals surface area contributed by atoms with E-state index < -0.39 is 5.97 Å². The number of carbonyl (C=O) groups excluding carboxylic acids is 1. The van der Waals surface area contributed by atoms with Gasteiger partial charge < -0.3 is 14.7 Å². The van der Waals surface area contributed by atoms with Gasteiger partial charge in [-0.2, -0.15) is 0 Å². The molecule has 0 aromatic rings. The van der Waals surface area contributed by atoms with Gasteiger partial charge in [0.25, 0.3) is 5.91 Å². The molecule has 1 saturated heterocycles. The van der Waals surface area contributed by atoms with Gasteiger partial charge in [0.2, 0.25) is 0 Å². The Bertz CT molecular complexity index is 282. The van der Waals surface area contributed by atoms with Crippen molar-refractivity contribution in [3.8, 4) is 0 Å². The van der Waals surface area contributed by atoms with Crippen LogP contribution in [-0.2, 0) is 14.3 Å². The summed E-state index contributed by atoms with van der Waals surface area (Å²) in [6.07, 6.45) is 3.39. The molecule has 1 unspecified atom stereocenters. The molecule has 0 spiro atoms. The monoisotopic (exact) mass is 227 g/mol. The zero-order chi connectivity index (χ0) is 11.5. The van der Waals surface area contributed by atoms with Crippen molar-refractivity contribution in [3.63, 3.8) is 0 Å². The second kappa shape index (κ2) is 4.82.